The highest BCUT2D eigenvalue weighted by Crippen LogP contribution is 2.46. The van der Waals surface area contributed by atoms with Gasteiger partial charge in [0.2, 0.25) is 0 Å². The van der Waals surface area contributed by atoms with Gasteiger partial charge in [-0.2, -0.15) is 0 Å². The van der Waals surface area contributed by atoms with Gasteiger partial charge >= 0.3 is 0 Å². The van der Waals surface area contributed by atoms with E-state index in [1.54, 1.807) is 5.57 Å². The summed E-state index contributed by atoms with van der Waals surface area (Å²) in [6, 6.07) is 0. The van der Waals surface area contributed by atoms with Crippen LogP contribution < -0.4 is 0 Å². The molecule has 0 heterocycles. The normalized spacial score (nSPS) is 42.2. The third kappa shape index (κ3) is 3.38. The quantitative estimate of drug-likeness (QED) is 0.534. The highest BCUT2D eigenvalue weighted by Gasteiger charge is 2.35. The van der Waals surface area contributed by atoms with E-state index in [9.17, 15) is 0 Å². The van der Waals surface area contributed by atoms with E-state index < -0.39 is 0 Å². The first-order valence-corrected chi connectivity index (χ1v) is 8.74. The molecule has 0 saturated heterocycles. The predicted octanol–water partition coefficient (Wildman–Crippen LogP) is 6.24. The zero-order valence-corrected chi connectivity index (χ0v) is 14.1. The Labute approximate surface area is 126 Å². The molecule has 2 saturated carbocycles. The lowest BCUT2D eigenvalue weighted by molar-refractivity contribution is 0.180. The van der Waals surface area contributed by atoms with Crippen LogP contribution in [0, 0.1) is 35.5 Å². The van der Waals surface area contributed by atoms with Crippen LogP contribution in [0.2, 0.25) is 0 Å². The maximum absolute atomic E-state index is 4.58. The van der Waals surface area contributed by atoms with Gasteiger partial charge in [-0.1, -0.05) is 51.5 Å². The van der Waals surface area contributed by atoms with Crippen molar-refractivity contribution < 1.29 is 0 Å². The minimum absolute atomic E-state index is 0.761. The minimum Gasteiger partial charge on any atom is -0.0999 e. The van der Waals surface area contributed by atoms with Crippen molar-refractivity contribution in [2.24, 2.45) is 35.5 Å². The van der Waals surface area contributed by atoms with Gasteiger partial charge in [0.05, 0.1) is 0 Å². The van der Waals surface area contributed by atoms with Crippen LogP contribution in [0.1, 0.15) is 66.2 Å². The van der Waals surface area contributed by atoms with Crippen molar-refractivity contribution >= 4 is 0 Å². The Hall–Kier alpha value is -0.520. The summed E-state index contributed by atoms with van der Waals surface area (Å²) in [5.41, 5.74) is 2.98. The molecule has 6 atom stereocenters. The van der Waals surface area contributed by atoms with Gasteiger partial charge < -0.3 is 0 Å². The molecule has 0 aromatic heterocycles. The summed E-state index contributed by atoms with van der Waals surface area (Å²) in [7, 11) is 0. The van der Waals surface area contributed by atoms with Crippen LogP contribution in [-0.2, 0) is 0 Å². The predicted molar refractivity (Wildman–Crippen MR) is 89.6 cm³/mol. The fourth-order valence-corrected chi connectivity index (χ4v) is 4.72. The average Bonchev–Trinajstić information content (AvgIpc) is 2.40. The molecule has 0 heteroatoms. The minimum atomic E-state index is 0.761. The molecule has 0 aromatic carbocycles. The van der Waals surface area contributed by atoms with Crippen molar-refractivity contribution in [3.05, 3.63) is 24.3 Å². The summed E-state index contributed by atoms with van der Waals surface area (Å²) in [5, 5.41) is 0. The van der Waals surface area contributed by atoms with Crippen LogP contribution in [0.5, 0.6) is 0 Å². The molecule has 20 heavy (non-hydrogen) atoms. The number of hydrogen-bond acceptors (Lipinski definition) is 0. The highest BCUT2D eigenvalue weighted by atomic mass is 14.4. The van der Waals surface area contributed by atoms with Crippen LogP contribution in [0.4, 0.5) is 0 Å². The molecule has 2 fully saturated rings. The molecule has 0 N–H and O–H groups in total. The Morgan fingerprint density at radius 3 is 2.10 bits per heavy atom. The molecule has 2 aliphatic carbocycles. The Kier molecular flexibility index (Phi) is 5.15. The second kappa shape index (κ2) is 6.50. The van der Waals surface area contributed by atoms with Crippen LogP contribution in [0.3, 0.4) is 0 Å². The molecule has 0 amide bonds. The van der Waals surface area contributed by atoms with Crippen molar-refractivity contribution in [1.29, 1.82) is 0 Å². The maximum Gasteiger partial charge on any atom is -0.0175 e. The molecule has 114 valence electrons. The van der Waals surface area contributed by atoms with Crippen molar-refractivity contribution in [3.8, 4) is 0 Å². The summed E-state index contributed by atoms with van der Waals surface area (Å²) in [6.45, 7) is 18.3. The molecule has 0 aromatic rings. The Bertz CT molecular complexity index is 364. The van der Waals surface area contributed by atoms with E-state index >= 15 is 0 Å². The Morgan fingerprint density at radius 2 is 1.50 bits per heavy atom. The number of rotatable bonds is 3. The first-order chi connectivity index (χ1) is 9.40. The van der Waals surface area contributed by atoms with Gasteiger partial charge in [0.25, 0.3) is 0 Å². The molecule has 2 aliphatic rings. The van der Waals surface area contributed by atoms with Crippen molar-refractivity contribution in [3.63, 3.8) is 0 Å². The standard InChI is InChI=1S/C20H34/c1-13(2)18-9-10-19(16(5)12-18)17(6)20-11-14(3)7-8-15(20)4/h14-16,18-20H,1,6-12H2,2-5H3. The molecule has 2 rings (SSSR count). The summed E-state index contributed by atoms with van der Waals surface area (Å²) in [4.78, 5) is 0. The van der Waals surface area contributed by atoms with E-state index in [0.29, 0.717) is 0 Å². The molecular weight excluding hydrogens is 240 g/mol. The summed E-state index contributed by atoms with van der Waals surface area (Å²) < 4.78 is 0. The van der Waals surface area contributed by atoms with Crippen LogP contribution in [0.15, 0.2) is 24.3 Å². The van der Waals surface area contributed by atoms with Crippen LogP contribution in [0.25, 0.3) is 0 Å². The molecule has 0 aliphatic heterocycles. The zero-order chi connectivity index (χ0) is 14.9. The van der Waals surface area contributed by atoms with Gasteiger partial charge in [-0.05, 0) is 74.5 Å². The first kappa shape index (κ1) is 15.9. The Balaban J connectivity index is 2.00. The lowest BCUT2D eigenvalue weighted by Gasteiger charge is -2.42. The molecular formula is C20H34. The third-order valence-corrected chi connectivity index (χ3v) is 6.28. The number of allylic oxidation sites excluding steroid dienone is 2. The van der Waals surface area contributed by atoms with Gasteiger partial charge in [-0.3, -0.25) is 0 Å². The maximum atomic E-state index is 4.58. The third-order valence-electron chi connectivity index (χ3n) is 6.28. The lowest BCUT2D eigenvalue weighted by atomic mass is 9.63. The van der Waals surface area contributed by atoms with E-state index in [4.69, 9.17) is 0 Å². The fraction of sp³-hybridized carbons (Fsp3) is 0.800. The largest absolute Gasteiger partial charge is 0.0999 e. The van der Waals surface area contributed by atoms with Crippen molar-refractivity contribution in [2.75, 3.05) is 0 Å². The molecule has 6 unspecified atom stereocenters. The fourth-order valence-electron chi connectivity index (χ4n) is 4.72. The SMILES string of the molecule is C=C(C)C1CCC(C(=C)C2CC(C)CCC2C)C(C)C1. The topological polar surface area (TPSA) is 0 Å². The Morgan fingerprint density at radius 1 is 0.800 bits per heavy atom. The lowest BCUT2D eigenvalue weighted by Crippen LogP contribution is -2.31. The van der Waals surface area contributed by atoms with Crippen molar-refractivity contribution in [2.45, 2.75) is 66.2 Å². The van der Waals surface area contributed by atoms with E-state index in [-0.39, 0.29) is 0 Å². The summed E-state index contributed by atoms with van der Waals surface area (Å²) in [5.74, 6) is 4.86. The second-order valence-corrected chi connectivity index (χ2v) is 8.02. The van der Waals surface area contributed by atoms with Crippen LogP contribution >= 0.6 is 0 Å². The second-order valence-electron chi connectivity index (χ2n) is 8.02. The molecule has 0 radical (unpaired) electrons. The van der Waals surface area contributed by atoms with Crippen molar-refractivity contribution in [1.82, 2.24) is 0 Å². The summed E-state index contributed by atoms with van der Waals surface area (Å²) in [6.07, 6.45) is 8.21. The smallest absolute Gasteiger partial charge is 0.0175 e. The van der Waals surface area contributed by atoms with E-state index in [0.717, 1.165) is 35.5 Å². The van der Waals surface area contributed by atoms with Gasteiger partial charge in [-0.15, -0.1) is 0 Å². The van der Waals surface area contributed by atoms with E-state index in [2.05, 4.69) is 40.9 Å². The molecule has 0 nitrogen and oxygen atoms in total. The summed E-state index contributed by atoms with van der Waals surface area (Å²) >= 11 is 0. The number of hydrogen-bond donors (Lipinski definition) is 0. The van der Waals surface area contributed by atoms with E-state index in [1.807, 2.05) is 0 Å². The first-order valence-electron chi connectivity index (χ1n) is 8.74. The van der Waals surface area contributed by atoms with Gasteiger partial charge in [-0.25, -0.2) is 0 Å². The van der Waals surface area contributed by atoms with Gasteiger partial charge in [0.15, 0.2) is 0 Å². The van der Waals surface area contributed by atoms with Gasteiger partial charge in [0, 0.05) is 0 Å². The highest BCUT2D eigenvalue weighted by molar-refractivity contribution is 5.13. The van der Waals surface area contributed by atoms with Crippen LogP contribution in [-0.4, -0.2) is 0 Å². The van der Waals surface area contributed by atoms with E-state index in [1.165, 1.54) is 44.1 Å². The molecule has 0 spiro atoms. The van der Waals surface area contributed by atoms with Gasteiger partial charge in [0.1, 0.15) is 0 Å². The average molecular weight is 274 g/mol. The monoisotopic (exact) mass is 274 g/mol. The molecule has 0 bridgehead atoms. The zero-order valence-electron chi connectivity index (χ0n) is 14.1.